The van der Waals surface area contributed by atoms with E-state index in [9.17, 15) is 4.79 Å². The fraction of sp³-hybridized carbons (Fsp3) is 0.350. The second-order valence-electron chi connectivity index (χ2n) is 6.14. The van der Waals surface area contributed by atoms with E-state index in [4.69, 9.17) is 9.47 Å². The molecule has 1 atom stereocenters. The Labute approximate surface area is 148 Å². The summed E-state index contributed by atoms with van der Waals surface area (Å²) >= 11 is 0. The summed E-state index contributed by atoms with van der Waals surface area (Å²) in [5.41, 5.74) is 2.02. The molecule has 0 radical (unpaired) electrons. The van der Waals surface area contributed by atoms with Crippen LogP contribution in [0, 0.1) is 0 Å². The lowest BCUT2D eigenvalue weighted by Gasteiger charge is -2.22. The normalized spacial score (nSPS) is 16.7. The minimum absolute atomic E-state index is 0.0362. The van der Waals surface area contributed by atoms with Crippen molar-refractivity contribution >= 4 is 5.91 Å². The molecule has 0 bridgehead atoms. The maximum Gasteiger partial charge on any atom is 0.237 e. The highest BCUT2D eigenvalue weighted by molar-refractivity contribution is 5.82. The second-order valence-corrected chi connectivity index (χ2v) is 6.14. The lowest BCUT2D eigenvalue weighted by Crippen LogP contribution is -2.42. The number of methoxy groups -OCH3 is 2. The van der Waals surface area contributed by atoms with E-state index in [2.05, 4.69) is 10.6 Å². The highest BCUT2D eigenvalue weighted by Gasteiger charge is 2.25. The van der Waals surface area contributed by atoms with E-state index in [-0.39, 0.29) is 18.0 Å². The van der Waals surface area contributed by atoms with Crippen LogP contribution in [-0.2, 0) is 4.79 Å². The van der Waals surface area contributed by atoms with Gasteiger partial charge in [-0.25, -0.2) is 0 Å². The Kier molecular flexibility index (Phi) is 5.56. The lowest BCUT2D eigenvalue weighted by molar-refractivity contribution is -0.123. The van der Waals surface area contributed by atoms with Crippen LogP contribution < -0.4 is 20.1 Å². The van der Waals surface area contributed by atoms with Crippen molar-refractivity contribution in [3.05, 3.63) is 59.7 Å². The smallest absolute Gasteiger partial charge is 0.237 e. The first-order valence-electron chi connectivity index (χ1n) is 8.53. The molecule has 1 amide bonds. The molecule has 0 spiro atoms. The van der Waals surface area contributed by atoms with Crippen molar-refractivity contribution in [2.24, 2.45) is 0 Å². The van der Waals surface area contributed by atoms with Gasteiger partial charge in [0.05, 0.1) is 26.3 Å². The standard InChI is InChI=1S/C20H24N2O3/c1-24-16-9-5-14(6-10-16)19(15-7-11-17(25-2)12-8-15)22-20(23)18-4-3-13-21-18/h5-12,18-19,21H,3-4,13H2,1-2H3,(H,22,23)/t18-/m1/s1. The summed E-state index contributed by atoms with van der Waals surface area (Å²) < 4.78 is 10.5. The zero-order valence-electron chi connectivity index (χ0n) is 14.6. The third-order valence-corrected chi connectivity index (χ3v) is 4.56. The Hall–Kier alpha value is -2.53. The van der Waals surface area contributed by atoms with E-state index in [1.165, 1.54) is 0 Å². The van der Waals surface area contributed by atoms with Crippen molar-refractivity contribution in [1.29, 1.82) is 0 Å². The number of nitrogens with one attached hydrogen (secondary N) is 2. The summed E-state index contributed by atoms with van der Waals surface area (Å²) in [6, 6.07) is 15.2. The number of hydrogen-bond acceptors (Lipinski definition) is 4. The molecular formula is C20H24N2O3. The van der Waals surface area contributed by atoms with E-state index < -0.39 is 0 Å². The van der Waals surface area contributed by atoms with Crippen molar-refractivity contribution in [2.45, 2.75) is 24.9 Å². The summed E-state index contributed by atoms with van der Waals surface area (Å²) in [6.45, 7) is 0.897. The number of carbonyl (C=O) groups is 1. The van der Waals surface area contributed by atoms with Crippen LogP contribution in [0.25, 0.3) is 0 Å². The van der Waals surface area contributed by atoms with Gasteiger partial charge in [0.1, 0.15) is 11.5 Å². The van der Waals surface area contributed by atoms with Gasteiger partial charge in [0, 0.05) is 0 Å². The number of benzene rings is 2. The molecule has 2 aromatic carbocycles. The summed E-state index contributed by atoms with van der Waals surface area (Å²) in [5.74, 6) is 1.62. The van der Waals surface area contributed by atoms with E-state index >= 15 is 0 Å². The average Bonchev–Trinajstić information content (AvgIpc) is 3.21. The third-order valence-electron chi connectivity index (χ3n) is 4.56. The molecule has 0 saturated carbocycles. The SMILES string of the molecule is COc1ccc(C(NC(=O)[C@H]2CCCN2)c2ccc(OC)cc2)cc1. The van der Waals surface area contributed by atoms with Gasteiger partial charge in [0.25, 0.3) is 0 Å². The largest absolute Gasteiger partial charge is 0.497 e. The van der Waals surface area contributed by atoms with Gasteiger partial charge >= 0.3 is 0 Å². The van der Waals surface area contributed by atoms with Crippen LogP contribution in [0.4, 0.5) is 0 Å². The monoisotopic (exact) mass is 340 g/mol. The lowest BCUT2D eigenvalue weighted by atomic mass is 9.98. The molecule has 3 rings (SSSR count). The van der Waals surface area contributed by atoms with E-state index in [1.807, 2.05) is 48.5 Å². The first-order chi connectivity index (χ1) is 12.2. The van der Waals surface area contributed by atoms with Crippen LogP contribution in [-0.4, -0.2) is 32.7 Å². The number of rotatable bonds is 6. The highest BCUT2D eigenvalue weighted by atomic mass is 16.5. The Balaban J connectivity index is 1.87. The van der Waals surface area contributed by atoms with Gasteiger partial charge in [-0.15, -0.1) is 0 Å². The predicted octanol–water partition coefficient (Wildman–Crippen LogP) is 2.66. The molecule has 132 valence electrons. The molecule has 0 aromatic heterocycles. The zero-order chi connectivity index (χ0) is 17.6. The van der Waals surface area contributed by atoms with E-state index in [1.54, 1.807) is 14.2 Å². The Morgan fingerprint density at radius 2 is 1.52 bits per heavy atom. The minimum Gasteiger partial charge on any atom is -0.497 e. The molecule has 1 fully saturated rings. The molecule has 2 aromatic rings. The Morgan fingerprint density at radius 1 is 1.00 bits per heavy atom. The van der Waals surface area contributed by atoms with Gasteiger partial charge in [-0.05, 0) is 54.8 Å². The van der Waals surface area contributed by atoms with E-state index in [0.29, 0.717) is 0 Å². The molecule has 0 aliphatic carbocycles. The maximum atomic E-state index is 12.6. The van der Waals surface area contributed by atoms with Gasteiger partial charge in [0.2, 0.25) is 5.91 Å². The topological polar surface area (TPSA) is 59.6 Å². The van der Waals surface area contributed by atoms with Crippen LogP contribution in [0.5, 0.6) is 11.5 Å². The number of hydrogen-bond donors (Lipinski definition) is 2. The molecule has 5 nitrogen and oxygen atoms in total. The van der Waals surface area contributed by atoms with Gasteiger partial charge < -0.3 is 20.1 Å². The van der Waals surface area contributed by atoms with Gasteiger partial charge in [-0.2, -0.15) is 0 Å². The number of ether oxygens (including phenoxy) is 2. The van der Waals surface area contributed by atoms with Crippen LogP contribution in [0.1, 0.15) is 30.0 Å². The van der Waals surface area contributed by atoms with Crippen molar-refractivity contribution in [2.75, 3.05) is 20.8 Å². The van der Waals surface area contributed by atoms with Gasteiger partial charge in [-0.1, -0.05) is 24.3 Å². The fourth-order valence-electron chi connectivity index (χ4n) is 3.10. The summed E-state index contributed by atoms with van der Waals surface area (Å²) in [6.07, 6.45) is 1.91. The zero-order valence-corrected chi connectivity index (χ0v) is 14.6. The number of amides is 1. The molecule has 5 heteroatoms. The molecule has 2 N–H and O–H groups in total. The first-order valence-corrected chi connectivity index (χ1v) is 8.53. The van der Waals surface area contributed by atoms with Crippen molar-refractivity contribution in [1.82, 2.24) is 10.6 Å². The van der Waals surface area contributed by atoms with Gasteiger partial charge in [-0.3, -0.25) is 4.79 Å². The predicted molar refractivity (Wildman–Crippen MR) is 97.0 cm³/mol. The van der Waals surface area contributed by atoms with Crippen molar-refractivity contribution in [3.8, 4) is 11.5 Å². The third kappa shape index (κ3) is 4.12. The molecule has 1 saturated heterocycles. The Bertz CT molecular complexity index is 644. The average molecular weight is 340 g/mol. The molecule has 1 aliphatic rings. The van der Waals surface area contributed by atoms with Crippen LogP contribution in [0.15, 0.2) is 48.5 Å². The highest BCUT2D eigenvalue weighted by Crippen LogP contribution is 2.26. The van der Waals surface area contributed by atoms with Crippen LogP contribution in [0.2, 0.25) is 0 Å². The first kappa shape index (κ1) is 17.3. The quantitative estimate of drug-likeness (QED) is 0.849. The van der Waals surface area contributed by atoms with Crippen molar-refractivity contribution < 1.29 is 14.3 Å². The van der Waals surface area contributed by atoms with E-state index in [0.717, 1.165) is 42.0 Å². The second kappa shape index (κ2) is 8.03. The summed E-state index contributed by atoms with van der Waals surface area (Å²) in [4.78, 5) is 12.6. The van der Waals surface area contributed by atoms with Gasteiger partial charge in [0.15, 0.2) is 0 Å². The molecule has 1 heterocycles. The van der Waals surface area contributed by atoms with Crippen LogP contribution in [0.3, 0.4) is 0 Å². The molecule has 0 unspecified atom stereocenters. The summed E-state index contributed by atoms with van der Waals surface area (Å²) in [7, 11) is 3.28. The Morgan fingerprint density at radius 3 is 1.92 bits per heavy atom. The van der Waals surface area contributed by atoms with Crippen LogP contribution >= 0.6 is 0 Å². The molecule has 25 heavy (non-hydrogen) atoms. The molecule has 1 aliphatic heterocycles. The molecular weight excluding hydrogens is 316 g/mol. The summed E-state index contributed by atoms with van der Waals surface area (Å²) in [5, 5.41) is 6.43. The fourth-order valence-corrected chi connectivity index (χ4v) is 3.10. The maximum absolute atomic E-state index is 12.6. The number of carbonyl (C=O) groups excluding carboxylic acids is 1. The minimum atomic E-state index is -0.216. The van der Waals surface area contributed by atoms with Crippen molar-refractivity contribution in [3.63, 3.8) is 0 Å².